The molecule has 0 radical (unpaired) electrons. The molecule has 9 heteroatoms. The smallest absolute Gasteiger partial charge is 0.250 e. The van der Waals surface area contributed by atoms with Gasteiger partial charge in [0.25, 0.3) is 10.0 Å². The van der Waals surface area contributed by atoms with E-state index in [0.717, 1.165) is 4.88 Å². The highest BCUT2D eigenvalue weighted by Crippen LogP contribution is 2.22. The van der Waals surface area contributed by atoms with Crippen LogP contribution in [0.15, 0.2) is 22.7 Å². The van der Waals surface area contributed by atoms with E-state index in [2.05, 4.69) is 25.2 Å². The summed E-state index contributed by atoms with van der Waals surface area (Å²) < 4.78 is 27.2. The Balaban J connectivity index is 2.13. The van der Waals surface area contributed by atoms with Crippen LogP contribution in [0.2, 0.25) is 0 Å². The summed E-state index contributed by atoms with van der Waals surface area (Å²) in [4.78, 5) is 4.90. The second kappa shape index (κ2) is 5.78. The Morgan fingerprint density at radius 1 is 1.47 bits per heavy atom. The summed E-state index contributed by atoms with van der Waals surface area (Å²) in [7, 11) is -1.71. The van der Waals surface area contributed by atoms with Crippen molar-refractivity contribution in [3.63, 3.8) is 0 Å². The minimum atomic E-state index is -3.53. The zero-order chi connectivity index (χ0) is 13.9. The van der Waals surface area contributed by atoms with Crippen molar-refractivity contribution in [3.8, 4) is 0 Å². The highest BCUT2D eigenvalue weighted by molar-refractivity contribution is 7.91. The van der Waals surface area contributed by atoms with Crippen molar-refractivity contribution in [2.24, 2.45) is 0 Å². The predicted molar refractivity (Wildman–Crippen MR) is 72.2 cm³/mol. The van der Waals surface area contributed by atoms with Crippen molar-refractivity contribution < 1.29 is 8.42 Å². The molecule has 1 unspecified atom stereocenters. The maximum Gasteiger partial charge on any atom is 0.250 e. The minimum absolute atomic E-state index is 0.295. The molecule has 0 aromatic carbocycles. The second-order valence-corrected chi connectivity index (χ2v) is 7.07. The number of thiophene rings is 1. The zero-order valence-corrected chi connectivity index (χ0v) is 12.2. The fraction of sp³-hybridized carbons (Fsp3) is 0.400. The molecule has 1 atom stereocenters. The normalized spacial score (nSPS) is 13.6. The molecule has 0 aliphatic rings. The Labute approximate surface area is 115 Å². The Morgan fingerprint density at radius 3 is 2.89 bits per heavy atom. The summed E-state index contributed by atoms with van der Waals surface area (Å²) >= 11 is 1.24. The highest BCUT2D eigenvalue weighted by atomic mass is 32.2. The van der Waals surface area contributed by atoms with Gasteiger partial charge >= 0.3 is 0 Å². The molecule has 0 aliphatic carbocycles. The number of aromatic nitrogens is 3. The van der Waals surface area contributed by atoms with E-state index in [9.17, 15) is 8.42 Å². The van der Waals surface area contributed by atoms with Gasteiger partial charge in [-0.15, -0.1) is 11.3 Å². The largest absolute Gasteiger partial charge is 0.315 e. The molecule has 0 saturated heterocycles. The second-order valence-electron chi connectivity index (χ2n) is 3.96. The number of H-pyrrole nitrogens is 1. The average Bonchev–Trinajstić information content (AvgIpc) is 2.99. The van der Waals surface area contributed by atoms with E-state index in [-0.39, 0.29) is 0 Å². The molecule has 2 aromatic heterocycles. The molecule has 19 heavy (non-hydrogen) atoms. The molecule has 2 aromatic rings. The highest BCUT2D eigenvalue weighted by Gasteiger charge is 2.21. The Bertz CT molecular complexity index is 620. The molecule has 0 spiro atoms. The van der Waals surface area contributed by atoms with Gasteiger partial charge in [-0.25, -0.2) is 18.1 Å². The summed E-state index contributed by atoms with van der Waals surface area (Å²) in [6.07, 6.45) is 1.34. The van der Waals surface area contributed by atoms with Crippen LogP contribution in [0.1, 0.15) is 23.7 Å². The summed E-state index contributed by atoms with van der Waals surface area (Å²) in [5, 5.41) is 9.32. The molecule has 0 amide bonds. The van der Waals surface area contributed by atoms with Crippen molar-refractivity contribution >= 4 is 21.4 Å². The molecular weight excluding hydrogens is 286 g/mol. The lowest BCUT2D eigenvalue weighted by Gasteiger charge is -2.10. The van der Waals surface area contributed by atoms with Crippen LogP contribution >= 0.6 is 11.3 Å². The maximum atomic E-state index is 12.2. The van der Waals surface area contributed by atoms with E-state index < -0.39 is 16.1 Å². The van der Waals surface area contributed by atoms with Gasteiger partial charge < -0.3 is 5.32 Å². The summed E-state index contributed by atoms with van der Waals surface area (Å²) in [5.74, 6) is 0.482. The van der Waals surface area contributed by atoms with Gasteiger partial charge in [-0.3, -0.25) is 5.10 Å². The number of aromatic amines is 1. The fourth-order valence-corrected chi connectivity index (χ4v) is 4.13. The maximum absolute atomic E-state index is 12.2. The van der Waals surface area contributed by atoms with Crippen molar-refractivity contribution in [1.29, 1.82) is 0 Å². The van der Waals surface area contributed by atoms with E-state index in [1.807, 2.05) is 7.05 Å². The molecular formula is C10H15N5O2S2. The van der Waals surface area contributed by atoms with Gasteiger partial charge in [-0.2, -0.15) is 5.10 Å². The van der Waals surface area contributed by atoms with Gasteiger partial charge in [-0.1, -0.05) is 0 Å². The predicted octanol–water partition coefficient (Wildman–Crippen LogP) is 0.625. The molecule has 0 saturated carbocycles. The summed E-state index contributed by atoms with van der Waals surface area (Å²) in [6.45, 7) is 2.36. The topological polar surface area (TPSA) is 99.8 Å². The number of nitrogens with zero attached hydrogens (tertiary/aromatic N) is 2. The lowest BCUT2D eigenvalue weighted by atomic mass is 10.3. The van der Waals surface area contributed by atoms with Crippen LogP contribution in [0.5, 0.6) is 0 Å². The number of hydrogen-bond donors (Lipinski definition) is 3. The third-order valence-electron chi connectivity index (χ3n) is 2.43. The summed E-state index contributed by atoms with van der Waals surface area (Å²) in [5.41, 5.74) is 0. The van der Waals surface area contributed by atoms with Gasteiger partial charge in [0.05, 0.1) is 6.04 Å². The lowest BCUT2D eigenvalue weighted by Crippen LogP contribution is -2.27. The SMILES string of the molecule is CNCc1ccc(S(=O)(=O)NC(C)c2ncn[nH]2)s1. The molecule has 0 fully saturated rings. The van der Waals surface area contributed by atoms with E-state index in [1.165, 1.54) is 17.7 Å². The van der Waals surface area contributed by atoms with Crippen LogP contribution in [0.25, 0.3) is 0 Å². The van der Waals surface area contributed by atoms with Crippen LogP contribution in [-0.2, 0) is 16.6 Å². The van der Waals surface area contributed by atoms with E-state index in [1.54, 1.807) is 19.1 Å². The van der Waals surface area contributed by atoms with Crippen LogP contribution in [-0.4, -0.2) is 30.6 Å². The average molecular weight is 301 g/mol. The van der Waals surface area contributed by atoms with Gasteiger partial charge in [0.2, 0.25) is 0 Å². The van der Waals surface area contributed by atoms with E-state index >= 15 is 0 Å². The van der Waals surface area contributed by atoms with Crippen LogP contribution in [0.4, 0.5) is 0 Å². The third-order valence-corrected chi connectivity index (χ3v) is 5.55. The monoisotopic (exact) mass is 301 g/mol. The number of nitrogens with one attached hydrogen (secondary N) is 3. The molecule has 0 bridgehead atoms. The number of sulfonamides is 1. The fourth-order valence-electron chi connectivity index (χ4n) is 1.54. The molecule has 3 N–H and O–H groups in total. The standard InChI is InChI=1S/C10H15N5O2S2/c1-7(10-12-6-13-14-10)15-19(16,17)9-4-3-8(18-9)5-11-2/h3-4,6-7,11,15H,5H2,1-2H3,(H,12,13,14). The minimum Gasteiger partial charge on any atom is -0.315 e. The first-order chi connectivity index (χ1) is 9.03. The first-order valence-electron chi connectivity index (χ1n) is 5.64. The third kappa shape index (κ3) is 3.38. The van der Waals surface area contributed by atoms with E-state index in [0.29, 0.717) is 16.6 Å². The van der Waals surface area contributed by atoms with Crippen molar-refractivity contribution in [1.82, 2.24) is 25.2 Å². The van der Waals surface area contributed by atoms with Gasteiger partial charge in [-0.05, 0) is 26.1 Å². The Kier molecular flexibility index (Phi) is 4.30. The number of rotatable bonds is 6. The van der Waals surface area contributed by atoms with Crippen LogP contribution in [0.3, 0.4) is 0 Å². The number of hydrogen-bond acceptors (Lipinski definition) is 6. The van der Waals surface area contributed by atoms with E-state index in [4.69, 9.17) is 0 Å². The Hall–Kier alpha value is -1.29. The van der Waals surface area contributed by atoms with Crippen molar-refractivity contribution in [2.75, 3.05) is 7.05 Å². The van der Waals surface area contributed by atoms with Gasteiger partial charge in [0.1, 0.15) is 16.4 Å². The van der Waals surface area contributed by atoms with Gasteiger partial charge in [0, 0.05) is 11.4 Å². The Morgan fingerprint density at radius 2 is 2.26 bits per heavy atom. The molecule has 7 nitrogen and oxygen atoms in total. The molecule has 104 valence electrons. The first-order valence-corrected chi connectivity index (χ1v) is 7.94. The van der Waals surface area contributed by atoms with Gasteiger partial charge in [0.15, 0.2) is 0 Å². The first kappa shape index (κ1) is 14.1. The van der Waals surface area contributed by atoms with Crippen LogP contribution in [0, 0.1) is 0 Å². The van der Waals surface area contributed by atoms with Crippen molar-refractivity contribution in [2.45, 2.75) is 23.7 Å². The molecule has 2 heterocycles. The summed E-state index contributed by atoms with van der Waals surface area (Å²) in [6, 6.07) is 2.95. The zero-order valence-electron chi connectivity index (χ0n) is 10.5. The quantitative estimate of drug-likeness (QED) is 0.726. The van der Waals surface area contributed by atoms with Crippen LogP contribution < -0.4 is 10.0 Å². The molecule has 2 rings (SSSR count). The lowest BCUT2D eigenvalue weighted by molar-refractivity contribution is 0.562. The molecule has 0 aliphatic heterocycles. The van der Waals surface area contributed by atoms with Crippen molar-refractivity contribution in [3.05, 3.63) is 29.2 Å².